The summed E-state index contributed by atoms with van der Waals surface area (Å²) in [6, 6.07) is 4.67. The summed E-state index contributed by atoms with van der Waals surface area (Å²) in [4.78, 5) is 4.88. The van der Waals surface area contributed by atoms with Gasteiger partial charge in [-0.15, -0.1) is 0 Å². The fraction of sp³-hybridized carbons (Fsp3) is 0.750. The van der Waals surface area contributed by atoms with Crippen LogP contribution in [0, 0.1) is 6.92 Å². The predicted molar refractivity (Wildman–Crippen MR) is 101 cm³/mol. The van der Waals surface area contributed by atoms with Crippen LogP contribution in [-0.4, -0.2) is 24.7 Å². The van der Waals surface area contributed by atoms with Gasteiger partial charge in [-0.25, -0.2) is 0 Å². The van der Waals surface area contributed by atoms with Gasteiger partial charge in [-0.2, -0.15) is 0 Å². The molecule has 1 rings (SSSR count). The molecule has 0 saturated heterocycles. The monoisotopic (exact) mass is 410 g/mol. The van der Waals surface area contributed by atoms with Crippen molar-refractivity contribution in [1.82, 2.24) is 4.98 Å². The summed E-state index contributed by atoms with van der Waals surface area (Å²) in [5, 5.41) is 0. The summed E-state index contributed by atoms with van der Waals surface area (Å²) in [5.41, 5.74) is 1.30. The van der Waals surface area contributed by atoms with E-state index in [1.807, 2.05) is 0 Å². The minimum atomic E-state index is -1.60. The fourth-order valence-electron chi connectivity index (χ4n) is 3.16. The van der Waals surface area contributed by atoms with E-state index in [-0.39, 0.29) is 0 Å². The van der Waals surface area contributed by atoms with Gasteiger partial charge >= 0.3 is 146 Å². The maximum absolute atomic E-state index is 4.88. The van der Waals surface area contributed by atoms with Crippen molar-refractivity contribution in [1.29, 1.82) is 0 Å². The first-order valence-corrected chi connectivity index (χ1v) is 14.6. The van der Waals surface area contributed by atoms with Crippen molar-refractivity contribution in [3.05, 3.63) is 23.9 Å². The van der Waals surface area contributed by atoms with Gasteiger partial charge in [0.2, 0.25) is 0 Å². The zero-order chi connectivity index (χ0) is 16.2. The summed E-state index contributed by atoms with van der Waals surface area (Å²) >= 11 is -1.60. The Hall–Kier alpha value is -0.0513. The molecule has 0 aliphatic carbocycles. The molecule has 0 N–H and O–H groups in total. The van der Waals surface area contributed by atoms with Crippen LogP contribution in [0.2, 0.25) is 8.37 Å². The molecule has 1 radical (unpaired) electrons. The van der Waals surface area contributed by atoms with Gasteiger partial charge < -0.3 is 0 Å². The third-order valence-corrected chi connectivity index (χ3v) is 14.3. The Bertz CT molecular complexity index is 366. The first-order chi connectivity index (χ1) is 10.7. The van der Waals surface area contributed by atoms with Gasteiger partial charge in [0.25, 0.3) is 0 Å². The summed E-state index contributed by atoms with van der Waals surface area (Å²) in [6.07, 6.45) is 14.7. The van der Waals surface area contributed by atoms with Crippen LogP contribution in [0.5, 0.6) is 0 Å². The number of nitrogens with zero attached hydrogens (tertiary/aromatic N) is 1. The van der Waals surface area contributed by atoms with Gasteiger partial charge in [0.05, 0.1) is 0 Å². The van der Waals surface area contributed by atoms with E-state index in [4.69, 9.17) is 4.98 Å². The van der Waals surface area contributed by atoms with Crippen LogP contribution in [0.1, 0.15) is 84.1 Å². The molecular formula is C20H36NSn. The molecule has 0 atom stereocenters. The molecule has 1 heterocycles. The van der Waals surface area contributed by atoms with Crippen LogP contribution in [-0.2, 0) is 0 Å². The Morgan fingerprint density at radius 1 is 0.909 bits per heavy atom. The summed E-state index contributed by atoms with van der Waals surface area (Å²) in [7, 11) is 0. The SMILES string of the molecule is CCCC[CH2][Sn]([c]1ccc(C)cn1)[CH](CCCC)CCCC. The van der Waals surface area contributed by atoms with Crippen LogP contribution in [0.3, 0.4) is 0 Å². The molecule has 22 heavy (non-hydrogen) atoms. The van der Waals surface area contributed by atoms with Crippen molar-refractivity contribution in [2.75, 3.05) is 0 Å². The van der Waals surface area contributed by atoms with Crippen molar-refractivity contribution >= 4 is 23.5 Å². The van der Waals surface area contributed by atoms with Crippen LogP contribution in [0.25, 0.3) is 0 Å². The van der Waals surface area contributed by atoms with E-state index in [2.05, 4.69) is 46.0 Å². The van der Waals surface area contributed by atoms with Crippen molar-refractivity contribution in [3.63, 3.8) is 0 Å². The molecule has 0 aromatic carbocycles. The number of unbranched alkanes of at least 4 members (excludes halogenated alkanes) is 4. The first kappa shape index (κ1) is 20.0. The molecule has 1 aromatic rings. The van der Waals surface area contributed by atoms with E-state index in [0.717, 1.165) is 3.93 Å². The van der Waals surface area contributed by atoms with Crippen LogP contribution in [0.15, 0.2) is 18.3 Å². The number of aromatic nitrogens is 1. The topological polar surface area (TPSA) is 12.9 Å². The maximum atomic E-state index is 4.88. The van der Waals surface area contributed by atoms with E-state index in [9.17, 15) is 0 Å². The minimum absolute atomic E-state index is 1.02. The molecule has 0 unspecified atom stereocenters. The van der Waals surface area contributed by atoms with Crippen LogP contribution in [0.4, 0.5) is 0 Å². The third kappa shape index (κ3) is 7.48. The normalized spacial score (nSPS) is 11.5. The van der Waals surface area contributed by atoms with Gasteiger partial charge in [0.1, 0.15) is 0 Å². The second-order valence-corrected chi connectivity index (χ2v) is 14.9. The molecule has 0 saturated carbocycles. The number of pyridine rings is 1. The van der Waals surface area contributed by atoms with Crippen molar-refractivity contribution < 1.29 is 0 Å². The zero-order valence-corrected chi connectivity index (χ0v) is 18.2. The van der Waals surface area contributed by atoms with Gasteiger partial charge in [-0.05, 0) is 0 Å². The molecular weight excluding hydrogens is 373 g/mol. The molecule has 125 valence electrons. The molecule has 0 amide bonds. The van der Waals surface area contributed by atoms with E-state index < -0.39 is 19.8 Å². The summed E-state index contributed by atoms with van der Waals surface area (Å²) < 4.78 is 4.08. The van der Waals surface area contributed by atoms with E-state index >= 15 is 0 Å². The second-order valence-electron chi connectivity index (χ2n) is 6.68. The van der Waals surface area contributed by atoms with Crippen LogP contribution < -0.4 is 3.71 Å². The third-order valence-electron chi connectivity index (χ3n) is 4.60. The molecule has 1 nitrogen and oxygen atoms in total. The predicted octanol–water partition coefficient (Wildman–Crippen LogP) is 6.03. The van der Waals surface area contributed by atoms with Gasteiger partial charge in [-0.3, -0.25) is 0 Å². The first-order valence-electron chi connectivity index (χ1n) is 9.51. The standard InChI is InChI=1S/C9H19.C6H6N.C5H11.Sn/c1-3-5-7-9-8-6-4-2;1-6-3-2-4-7-5-6;1-3-5-4-2;/h9H,3-8H2,1-2H3;2-3,5H,1H3;1,3-5H2,2H3;. The Morgan fingerprint density at radius 2 is 1.55 bits per heavy atom. The van der Waals surface area contributed by atoms with Gasteiger partial charge in [-0.1, -0.05) is 0 Å². The second kappa shape index (κ2) is 12.4. The Kier molecular flexibility index (Phi) is 11.3. The van der Waals surface area contributed by atoms with Crippen molar-refractivity contribution in [3.8, 4) is 0 Å². The van der Waals surface area contributed by atoms with Gasteiger partial charge in [0, 0.05) is 0 Å². The van der Waals surface area contributed by atoms with E-state index in [0.29, 0.717) is 0 Å². The molecule has 2 heteroatoms. The quantitative estimate of drug-likeness (QED) is 0.303. The van der Waals surface area contributed by atoms with Crippen molar-refractivity contribution in [2.45, 2.75) is 93.9 Å². The number of rotatable bonds is 12. The van der Waals surface area contributed by atoms with Crippen molar-refractivity contribution in [2.24, 2.45) is 0 Å². The Balaban J connectivity index is 2.84. The number of aryl methyl sites for hydroxylation is 1. The Morgan fingerprint density at radius 3 is 2.05 bits per heavy atom. The summed E-state index contributed by atoms with van der Waals surface area (Å²) in [6.45, 7) is 9.14. The molecule has 1 aromatic heterocycles. The average Bonchev–Trinajstić information content (AvgIpc) is 2.54. The zero-order valence-electron chi connectivity index (χ0n) is 15.3. The molecule has 0 spiro atoms. The van der Waals surface area contributed by atoms with Crippen LogP contribution >= 0.6 is 0 Å². The summed E-state index contributed by atoms with van der Waals surface area (Å²) in [5.74, 6) is 0. The molecule has 0 fully saturated rings. The molecule has 0 aliphatic rings. The average molecular weight is 409 g/mol. The number of hydrogen-bond donors (Lipinski definition) is 0. The Labute approximate surface area is 146 Å². The molecule has 0 aliphatic heterocycles. The van der Waals surface area contributed by atoms with E-state index in [1.165, 1.54) is 67.8 Å². The number of hydrogen-bond acceptors (Lipinski definition) is 1. The fourth-order valence-corrected chi connectivity index (χ4v) is 12.7. The van der Waals surface area contributed by atoms with Gasteiger partial charge in [0.15, 0.2) is 0 Å². The molecule has 0 bridgehead atoms. The van der Waals surface area contributed by atoms with E-state index in [1.54, 1.807) is 3.71 Å².